The van der Waals surface area contributed by atoms with E-state index < -0.39 is 6.10 Å². The zero-order chi connectivity index (χ0) is 47.4. The fourth-order valence-corrected chi connectivity index (χ4v) is 9.10. The topological polar surface area (TPSA) is 78.9 Å². The second kappa shape index (κ2) is 53.4. The lowest BCUT2D eigenvalue weighted by Crippen LogP contribution is -2.30. The van der Waals surface area contributed by atoms with Crippen LogP contribution in [0.15, 0.2) is 0 Å². The van der Waals surface area contributed by atoms with Crippen molar-refractivity contribution in [3.8, 4) is 0 Å². The van der Waals surface area contributed by atoms with Crippen LogP contribution in [0, 0.1) is 5.92 Å². The third-order valence-electron chi connectivity index (χ3n) is 13.5. The Bertz CT molecular complexity index is 980. The Labute approximate surface area is 406 Å². The molecule has 6 heteroatoms. The van der Waals surface area contributed by atoms with Crippen LogP contribution in [-0.4, -0.2) is 37.2 Å². The van der Waals surface area contributed by atoms with E-state index in [0.29, 0.717) is 19.3 Å². The van der Waals surface area contributed by atoms with Gasteiger partial charge < -0.3 is 14.2 Å². The number of carbonyl (C=O) groups excluding carboxylic acids is 3. The first kappa shape index (κ1) is 63.4. The summed E-state index contributed by atoms with van der Waals surface area (Å²) in [5.74, 6) is 0.0115. The summed E-state index contributed by atoms with van der Waals surface area (Å²) in [5, 5.41) is 0. The third kappa shape index (κ3) is 53.2. The van der Waals surface area contributed by atoms with Crippen LogP contribution in [0.4, 0.5) is 0 Å². The van der Waals surface area contributed by atoms with Crippen molar-refractivity contribution in [3.05, 3.63) is 0 Å². The highest BCUT2D eigenvalue weighted by molar-refractivity contribution is 5.71. The molecule has 0 rings (SSSR count). The number of unbranched alkanes of at least 4 members (excludes halogenated alkanes) is 41. The van der Waals surface area contributed by atoms with Crippen molar-refractivity contribution in [1.29, 1.82) is 0 Å². The maximum absolute atomic E-state index is 12.9. The SMILES string of the molecule is CCCCCCCCCCCCCCCCCCC(=O)O[C@H](COC(=O)CCCCCCCCCCCCCCCC)COC(=O)CCCCCCCCCCCCCCCCC(C)C. The molecule has 0 aromatic heterocycles. The Balaban J connectivity index is 4.29. The highest BCUT2D eigenvalue weighted by atomic mass is 16.6. The Morgan fingerprint density at radius 1 is 0.292 bits per heavy atom. The number of rotatable bonds is 54. The van der Waals surface area contributed by atoms with Crippen molar-refractivity contribution in [2.75, 3.05) is 13.2 Å². The first-order chi connectivity index (χ1) is 31.9. The summed E-state index contributed by atoms with van der Waals surface area (Å²) >= 11 is 0. The van der Waals surface area contributed by atoms with Crippen LogP contribution in [0.2, 0.25) is 0 Å². The molecule has 0 spiro atoms. The summed E-state index contributed by atoms with van der Waals surface area (Å²) in [6.45, 7) is 9.07. The Morgan fingerprint density at radius 2 is 0.508 bits per heavy atom. The molecule has 0 unspecified atom stereocenters. The lowest BCUT2D eigenvalue weighted by molar-refractivity contribution is -0.167. The minimum atomic E-state index is -0.762. The van der Waals surface area contributed by atoms with E-state index in [-0.39, 0.29) is 31.1 Å². The average Bonchev–Trinajstić information content (AvgIpc) is 3.29. The van der Waals surface area contributed by atoms with E-state index in [1.54, 1.807) is 0 Å². The van der Waals surface area contributed by atoms with Gasteiger partial charge in [-0.15, -0.1) is 0 Å². The van der Waals surface area contributed by atoms with Crippen molar-refractivity contribution in [1.82, 2.24) is 0 Å². The van der Waals surface area contributed by atoms with Gasteiger partial charge in [0.1, 0.15) is 13.2 Å². The smallest absolute Gasteiger partial charge is 0.306 e. The number of hydrogen-bond donors (Lipinski definition) is 0. The van der Waals surface area contributed by atoms with Gasteiger partial charge in [-0.2, -0.15) is 0 Å². The molecule has 65 heavy (non-hydrogen) atoms. The van der Waals surface area contributed by atoms with E-state index in [2.05, 4.69) is 27.7 Å². The minimum absolute atomic E-state index is 0.0616. The molecule has 0 aliphatic heterocycles. The molecule has 0 amide bonds. The standard InChI is InChI=1S/C59H114O6/c1-5-7-9-11-13-15-17-19-21-22-28-32-36-40-44-48-52-59(62)65-56(53-63-57(60)50-46-42-38-34-30-26-20-18-16-14-12-10-8-6-2)54-64-58(61)51-47-43-39-35-31-27-24-23-25-29-33-37-41-45-49-55(3)4/h55-56H,5-54H2,1-4H3/t56-/m1/s1. The van der Waals surface area contributed by atoms with Gasteiger partial charge in [-0.25, -0.2) is 0 Å². The summed E-state index contributed by atoms with van der Waals surface area (Å²) < 4.78 is 16.9. The molecule has 1 atom stereocenters. The maximum Gasteiger partial charge on any atom is 0.306 e. The molecule has 6 nitrogen and oxygen atoms in total. The molecule has 0 aliphatic rings. The fourth-order valence-electron chi connectivity index (χ4n) is 9.10. The van der Waals surface area contributed by atoms with Gasteiger partial charge >= 0.3 is 17.9 Å². The molecule has 0 heterocycles. The van der Waals surface area contributed by atoms with Crippen LogP contribution in [0.25, 0.3) is 0 Å². The summed E-state index contributed by atoms with van der Waals surface area (Å²) in [7, 11) is 0. The molecule has 0 N–H and O–H groups in total. The van der Waals surface area contributed by atoms with Gasteiger partial charge in [0.2, 0.25) is 0 Å². The molecule has 386 valence electrons. The third-order valence-corrected chi connectivity index (χ3v) is 13.5. The second-order valence-electron chi connectivity index (χ2n) is 20.8. The van der Waals surface area contributed by atoms with E-state index in [1.165, 1.54) is 231 Å². The lowest BCUT2D eigenvalue weighted by atomic mass is 10.0. The van der Waals surface area contributed by atoms with Gasteiger partial charge in [-0.05, 0) is 25.2 Å². The molecular weight excluding hydrogens is 805 g/mol. The van der Waals surface area contributed by atoms with Crippen molar-refractivity contribution < 1.29 is 28.6 Å². The number of hydrogen-bond acceptors (Lipinski definition) is 6. The molecule has 0 aromatic carbocycles. The van der Waals surface area contributed by atoms with Crippen LogP contribution < -0.4 is 0 Å². The van der Waals surface area contributed by atoms with Crippen molar-refractivity contribution >= 4 is 17.9 Å². The predicted molar refractivity (Wildman–Crippen MR) is 280 cm³/mol. The normalized spacial score (nSPS) is 12.0. The summed E-state index contributed by atoms with van der Waals surface area (Å²) in [6, 6.07) is 0. The van der Waals surface area contributed by atoms with Crippen LogP contribution in [0.3, 0.4) is 0 Å². The van der Waals surface area contributed by atoms with Crippen LogP contribution in [0.1, 0.15) is 336 Å². The molecular formula is C59H114O6. The minimum Gasteiger partial charge on any atom is -0.462 e. The highest BCUT2D eigenvalue weighted by Gasteiger charge is 2.19. The van der Waals surface area contributed by atoms with E-state index in [0.717, 1.165) is 63.7 Å². The van der Waals surface area contributed by atoms with Gasteiger partial charge in [0.05, 0.1) is 0 Å². The quantitative estimate of drug-likeness (QED) is 0.0344. The van der Waals surface area contributed by atoms with E-state index in [1.807, 2.05) is 0 Å². The molecule has 0 saturated carbocycles. The summed E-state index contributed by atoms with van der Waals surface area (Å²) in [6.07, 6.45) is 58.0. The Kier molecular flexibility index (Phi) is 52.1. The first-order valence-electron chi connectivity index (χ1n) is 29.4. The number of carbonyl (C=O) groups is 3. The predicted octanol–water partition coefficient (Wildman–Crippen LogP) is 19.4. The molecule has 0 saturated heterocycles. The van der Waals surface area contributed by atoms with E-state index in [4.69, 9.17) is 14.2 Å². The monoisotopic (exact) mass is 919 g/mol. The van der Waals surface area contributed by atoms with Gasteiger partial charge in [0, 0.05) is 19.3 Å². The molecule has 0 fully saturated rings. The van der Waals surface area contributed by atoms with Crippen LogP contribution in [-0.2, 0) is 28.6 Å². The van der Waals surface area contributed by atoms with Crippen molar-refractivity contribution in [2.45, 2.75) is 342 Å². The van der Waals surface area contributed by atoms with Crippen LogP contribution in [0.5, 0.6) is 0 Å². The highest BCUT2D eigenvalue weighted by Crippen LogP contribution is 2.18. The van der Waals surface area contributed by atoms with E-state index in [9.17, 15) is 14.4 Å². The second-order valence-corrected chi connectivity index (χ2v) is 20.8. The number of esters is 3. The van der Waals surface area contributed by atoms with E-state index >= 15 is 0 Å². The zero-order valence-corrected chi connectivity index (χ0v) is 44.5. The fraction of sp³-hybridized carbons (Fsp3) is 0.949. The Hall–Kier alpha value is -1.59. The number of ether oxygens (including phenoxy) is 3. The largest absolute Gasteiger partial charge is 0.462 e. The average molecular weight is 920 g/mol. The van der Waals surface area contributed by atoms with Gasteiger partial charge in [0.15, 0.2) is 6.10 Å². The van der Waals surface area contributed by atoms with Crippen LogP contribution >= 0.6 is 0 Å². The molecule has 0 aliphatic carbocycles. The van der Waals surface area contributed by atoms with Crippen molar-refractivity contribution in [3.63, 3.8) is 0 Å². The Morgan fingerprint density at radius 3 is 0.754 bits per heavy atom. The zero-order valence-electron chi connectivity index (χ0n) is 44.5. The molecule has 0 aromatic rings. The first-order valence-corrected chi connectivity index (χ1v) is 29.4. The van der Waals surface area contributed by atoms with Gasteiger partial charge in [-0.1, -0.05) is 297 Å². The maximum atomic E-state index is 12.9. The lowest BCUT2D eigenvalue weighted by Gasteiger charge is -2.18. The van der Waals surface area contributed by atoms with Gasteiger partial charge in [-0.3, -0.25) is 14.4 Å². The van der Waals surface area contributed by atoms with Gasteiger partial charge in [0.25, 0.3) is 0 Å². The summed E-state index contributed by atoms with van der Waals surface area (Å²) in [5.41, 5.74) is 0. The summed E-state index contributed by atoms with van der Waals surface area (Å²) in [4.78, 5) is 38.2. The molecule has 0 radical (unpaired) electrons. The molecule has 0 bridgehead atoms. The van der Waals surface area contributed by atoms with Crippen molar-refractivity contribution in [2.24, 2.45) is 5.92 Å².